The van der Waals surface area contributed by atoms with E-state index in [1.54, 1.807) is 19.0 Å². The maximum absolute atomic E-state index is 11.6. The van der Waals surface area contributed by atoms with Gasteiger partial charge < -0.3 is 15.5 Å². The minimum absolute atomic E-state index is 0. The molecule has 6 heteroatoms. The van der Waals surface area contributed by atoms with Crippen LogP contribution in [-0.4, -0.2) is 50.5 Å². The van der Waals surface area contributed by atoms with Gasteiger partial charge in [-0.15, -0.1) is 24.0 Å². The van der Waals surface area contributed by atoms with Gasteiger partial charge in [-0.05, 0) is 19.3 Å². The highest BCUT2D eigenvalue weighted by molar-refractivity contribution is 14.0. The third kappa shape index (κ3) is 11.8. The smallest absolute Gasteiger partial charge is 0.243 e. The molecule has 0 bridgehead atoms. The number of nitrogens with zero attached hydrogens (tertiary/aromatic N) is 2. The van der Waals surface area contributed by atoms with E-state index < -0.39 is 0 Å². The van der Waals surface area contributed by atoms with Gasteiger partial charge in [-0.1, -0.05) is 33.1 Å². The van der Waals surface area contributed by atoms with E-state index in [1.807, 2.05) is 6.92 Å². The molecule has 0 heterocycles. The highest BCUT2D eigenvalue weighted by Gasteiger charge is 2.08. The van der Waals surface area contributed by atoms with Crippen molar-refractivity contribution < 1.29 is 4.79 Å². The highest BCUT2D eigenvalue weighted by Crippen LogP contribution is 2.10. The van der Waals surface area contributed by atoms with Crippen molar-refractivity contribution in [3.05, 3.63) is 0 Å². The molecule has 0 aliphatic rings. The number of guanidine groups is 1. The molecule has 0 aliphatic carbocycles. The summed E-state index contributed by atoms with van der Waals surface area (Å²) < 4.78 is 0. The number of likely N-dealkylation sites (N-methyl/N-ethyl adjacent to an activating group) is 1. The molecule has 2 N–H and O–H groups in total. The molecule has 0 aromatic rings. The predicted molar refractivity (Wildman–Crippen MR) is 101 cm³/mol. The zero-order chi connectivity index (χ0) is 15.4. The van der Waals surface area contributed by atoms with E-state index in [9.17, 15) is 4.79 Å². The van der Waals surface area contributed by atoms with E-state index in [4.69, 9.17) is 0 Å². The Bertz CT molecular complexity index is 295. The Hall–Kier alpha value is -0.530. The van der Waals surface area contributed by atoms with Crippen molar-refractivity contribution in [3.63, 3.8) is 0 Å². The molecule has 21 heavy (non-hydrogen) atoms. The summed E-state index contributed by atoms with van der Waals surface area (Å²) in [5.41, 5.74) is 0. The standard InChI is InChI=1S/C15H32N4O.HI/c1-6-9-10-13(7-2)11-17-15(16-8-3)18-12-14(20)19(4)5;/h13H,6-12H2,1-5H3,(H2,16,17,18);1H. The van der Waals surface area contributed by atoms with Crippen LogP contribution in [0.1, 0.15) is 46.5 Å². The van der Waals surface area contributed by atoms with E-state index in [0.29, 0.717) is 5.92 Å². The average molecular weight is 412 g/mol. The molecule has 126 valence electrons. The SMILES string of the molecule is CCCCC(CC)CNC(=NCC(=O)N(C)C)NCC.I. The molecule has 0 fully saturated rings. The second-order valence-electron chi connectivity index (χ2n) is 5.28. The molecule has 1 unspecified atom stereocenters. The van der Waals surface area contributed by atoms with Gasteiger partial charge in [-0.2, -0.15) is 0 Å². The fourth-order valence-corrected chi connectivity index (χ4v) is 1.81. The van der Waals surface area contributed by atoms with Crippen LogP contribution in [0.25, 0.3) is 0 Å². The van der Waals surface area contributed by atoms with Gasteiger partial charge >= 0.3 is 0 Å². The van der Waals surface area contributed by atoms with Crippen molar-refractivity contribution in [2.24, 2.45) is 10.9 Å². The number of unbranched alkanes of at least 4 members (excludes halogenated alkanes) is 1. The van der Waals surface area contributed by atoms with Crippen LogP contribution in [0.5, 0.6) is 0 Å². The molecule has 0 saturated heterocycles. The lowest BCUT2D eigenvalue weighted by atomic mass is 9.99. The lowest BCUT2D eigenvalue weighted by molar-refractivity contribution is -0.127. The first-order chi connectivity index (χ1) is 9.54. The van der Waals surface area contributed by atoms with E-state index >= 15 is 0 Å². The molecular weight excluding hydrogens is 379 g/mol. The van der Waals surface area contributed by atoms with Crippen LogP contribution in [0.15, 0.2) is 4.99 Å². The van der Waals surface area contributed by atoms with Gasteiger partial charge in [-0.3, -0.25) is 4.79 Å². The Morgan fingerprint density at radius 1 is 1.19 bits per heavy atom. The lowest BCUT2D eigenvalue weighted by Crippen LogP contribution is -2.40. The lowest BCUT2D eigenvalue weighted by Gasteiger charge is -2.18. The number of carbonyl (C=O) groups is 1. The third-order valence-corrected chi connectivity index (χ3v) is 3.32. The molecule has 0 aromatic carbocycles. The summed E-state index contributed by atoms with van der Waals surface area (Å²) in [5.74, 6) is 1.42. The molecule has 5 nitrogen and oxygen atoms in total. The van der Waals surface area contributed by atoms with Crippen molar-refractivity contribution >= 4 is 35.8 Å². The van der Waals surface area contributed by atoms with E-state index in [0.717, 1.165) is 19.0 Å². The van der Waals surface area contributed by atoms with E-state index in [1.165, 1.54) is 25.7 Å². The summed E-state index contributed by atoms with van der Waals surface area (Å²) in [5, 5.41) is 6.52. The van der Waals surface area contributed by atoms with E-state index in [-0.39, 0.29) is 36.4 Å². The van der Waals surface area contributed by atoms with E-state index in [2.05, 4.69) is 29.5 Å². The zero-order valence-corrected chi connectivity index (χ0v) is 16.6. The van der Waals surface area contributed by atoms with Gasteiger partial charge in [0.25, 0.3) is 0 Å². The topological polar surface area (TPSA) is 56.7 Å². The molecule has 0 aliphatic heterocycles. The van der Waals surface area contributed by atoms with Crippen LogP contribution in [0.3, 0.4) is 0 Å². The van der Waals surface area contributed by atoms with Crippen LogP contribution in [0.2, 0.25) is 0 Å². The van der Waals surface area contributed by atoms with Gasteiger partial charge in [0.15, 0.2) is 5.96 Å². The predicted octanol–water partition coefficient (Wildman–Crippen LogP) is 2.46. The fourth-order valence-electron chi connectivity index (χ4n) is 1.81. The number of hydrogen-bond donors (Lipinski definition) is 2. The number of carbonyl (C=O) groups excluding carboxylic acids is 1. The highest BCUT2D eigenvalue weighted by atomic mass is 127. The summed E-state index contributed by atoms with van der Waals surface area (Å²) >= 11 is 0. The second kappa shape index (κ2) is 14.4. The summed E-state index contributed by atoms with van der Waals surface area (Å²) in [7, 11) is 3.49. The Balaban J connectivity index is 0. The normalized spacial score (nSPS) is 12.3. The third-order valence-electron chi connectivity index (χ3n) is 3.32. The fraction of sp³-hybridized carbons (Fsp3) is 0.867. The monoisotopic (exact) mass is 412 g/mol. The number of rotatable bonds is 9. The molecule has 0 aromatic heterocycles. The summed E-state index contributed by atoms with van der Waals surface area (Å²) in [4.78, 5) is 17.4. The van der Waals surface area contributed by atoms with Crippen molar-refractivity contribution in [2.45, 2.75) is 46.5 Å². The minimum Gasteiger partial charge on any atom is -0.357 e. The first-order valence-corrected chi connectivity index (χ1v) is 7.77. The zero-order valence-electron chi connectivity index (χ0n) is 14.2. The molecule has 0 radical (unpaired) electrons. The minimum atomic E-state index is 0. The van der Waals surface area contributed by atoms with Crippen LogP contribution < -0.4 is 10.6 Å². The van der Waals surface area contributed by atoms with Crippen molar-refractivity contribution in [1.29, 1.82) is 0 Å². The average Bonchev–Trinajstić information content (AvgIpc) is 2.44. The number of halogens is 1. The number of aliphatic imine (C=N–C) groups is 1. The van der Waals surface area contributed by atoms with Crippen molar-refractivity contribution in [3.8, 4) is 0 Å². The molecule has 0 saturated carbocycles. The number of amides is 1. The molecular formula is C15H33IN4O. The van der Waals surface area contributed by atoms with Gasteiger partial charge in [0.1, 0.15) is 6.54 Å². The maximum Gasteiger partial charge on any atom is 0.243 e. The van der Waals surface area contributed by atoms with Gasteiger partial charge in [-0.25, -0.2) is 4.99 Å². The summed E-state index contributed by atoms with van der Waals surface area (Å²) in [6, 6.07) is 0. The second-order valence-corrected chi connectivity index (χ2v) is 5.28. The first-order valence-electron chi connectivity index (χ1n) is 7.77. The Morgan fingerprint density at radius 3 is 2.33 bits per heavy atom. The van der Waals surface area contributed by atoms with Crippen LogP contribution >= 0.6 is 24.0 Å². The Kier molecular flexibility index (Phi) is 15.6. The maximum atomic E-state index is 11.6. The Morgan fingerprint density at radius 2 is 1.86 bits per heavy atom. The van der Waals surface area contributed by atoms with Gasteiger partial charge in [0.2, 0.25) is 5.91 Å². The molecule has 0 spiro atoms. The molecule has 0 rings (SSSR count). The van der Waals surface area contributed by atoms with Crippen molar-refractivity contribution in [1.82, 2.24) is 15.5 Å². The number of hydrogen-bond acceptors (Lipinski definition) is 2. The van der Waals surface area contributed by atoms with Crippen LogP contribution in [-0.2, 0) is 4.79 Å². The summed E-state index contributed by atoms with van der Waals surface area (Å²) in [6.45, 7) is 8.37. The van der Waals surface area contributed by atoms with Gasteiger partial charge in [0.05, 0.1) is 0 Å². The van der Waals surface area contributed by atoms with Crippen LogP contribution in [0.4, 0.5) is 0 Å². The van der Waals surface area contributed by atoms with Crippen LogP contribution in [0, 0.1) is 5.92 Å². The molecule has 1 amide bonds. The summed E-state index contributed by atoms with van der Waals surface area (Å²) in [6.07, 6.45) is 4.92. The molecule has 1 atom stereocenters. The largest absolute Gasteiger partial charge is 0.357 e. The first kappa shape index (κ1) is 22.7. The quantitative estimate of drug-likeness (QED) is 0.348. The van der Waals surface area contributed by atoms with Crippen molar-refractivity contribution in [2.75, 3.05) is 33.7 Å². The number of nitrogens with one attached hydrogen (secondary N) is 2. The van der Waals surface area contributed by atoms with Gasteiger partial charge in [0, 0.05) is 27.2 Å². The Labute approximate surface area is 147 Å².